The first-order valence-electron chi connectivity index (χ1n) is 8.41. The van der Waals surface area contributed by atoms with Gasteiger partial charge in [-0.15, -0.1) is 0 Å². The molecule has 0 unspecified atom stereocenters. The number of benzene rings is 2. The van der Waals surface area contributed by atoms with E-state index in [9.17, 15) is 9.59 Å². The highest BCUT2D eigenvalue weighted by Gasteiger charge is 2.23. The summed E-state index contributed by atoms with van der Waals surface area (Å²) in [6.45, 7) is 2.11. The zero-order chi connectivity index (χ0) is 19.1. The minimum atomic E-state index is -0.996. The van der Waals surface area contributed by atoms with Crippen molar-refractivity contribution in [3.05, 3.63) is 66.6 Å². The molecule has 1 aliphatic rings. The first kappa shape index (κ1) is 18.3. The summed E-state index contributed by atoms with van der Waals surface area (Å²) in [5, 5.41) is 2.68. The van der Waals surface area contributed by atoms with Crippen LogP contribution in [0.1, 0.15) is 6.92 Å². The van der Waals surface area contributed by atoms with Crippen molar-refractivity contribution in [2.75, 3.05) is 18.5 Å². The normalized spacial score (nSPS) is 14.0. The van der Waals surface area contributed by atoms with Crippen LogP contribution in [0.4, 0.5) is 5.69 Å². The molecule has 0 radical (unpaired) electrons. The average molecular weight is 369 g/mol. The third kappa shape index (κ3) is 5.24. The van der Waals surface area contributed by atoms with Gasteiger partial charge in [0.15, 0.2) is 6.10 Å². The number of carbonyl (C=O) groups is 2. The SMILES string of the molecule is C[C@@H](OC(=O)C1=COCCO1)C(=O)Nc1ccc(Oc2ccccc2)cc1. The Morgan fingerprint density at radius 2 is 1.70 bits per heavy atom. The molecule has 1 N–H and O–H groups in total. The zero-order valence-corrected chi connectivity index (χ0v) is 14.7. The van der Waals surface area contributed by atoms with Crippen molar-refractivity contribution in [3.63, 3.8) is 0 Å². The number of hydrogen-bond acceptors (Lipinski definition) is 6. The third-order valence-corrected chi connectivity index (χ3v) is 3.60. The van der Waals surface area contributed by atoms with E-state index in [-0.39, 0.29) is 12.4 Å². The summed E-state index contributed by atoms with van der Waals surface area (Å²) in [6.07, 6.45) is 0.186. The lowest BCUT2D eigenvalue weighted by Crippen LogP contribution is -2.31. The Morgan fingerprint density at radius 1 is 1.00 bits per heavy atom. The number of ether oxygens (including phenoxy) is 4. The van der Waals surface area contributed by atoms with Crippen LogP contribution in [0.3, 0.4) is 0 Å². The van der Waals surface area contributed by atoms with Gasteiger partial charge in [-0.1, -0.05) is 18.2 Å². The molecule has 1 atom stereocenters. The van der Waals surface area contributed by atoms with Crippen molar-refractivity contribution in [1.82, 2.24) is 0 Å². The van der Waals surface area contributed by atoms with Crippen LogP contribution in [-0.4, -0.2) is 31.2 Å². The fraction of sp³-hybridized carbons (Fsp3) is 0.200. The monoisotopic (exact) mass is 369 g/mol. The van der Waals surface area contributed by atoms with Crippen molar-refractivity contribution < 1.29 is 28.5 Å². The van der Waals surface area contributed by atoms with Gasteiger partial charge < -0.3 is 24.3 Å². The molecule has 2 aromatic carbocycles. The van der Waals surface area contributed by atoms with Gasteiger partial charge >= 0.3 is 5.97 Å². The summed E-state index contributed by atoms with van der Waals surface area (Å²) in [4.78, 5) is 24.1. The van der Waals surface area contributed by atoms with E-state index < -0.39 is 18.0 Å². The maximum atomic E-state index is 12.2. The molecule has 0 aromatic heterocycles. The van der Waals surface area contributed by atoms with Crippen LogP contribution in [0.15, 0.2) is 66.6 Å². The Balaban J connectivity index is 1.52. The summed E-state index contributed by atoms with van der Waals surface area (Å²) in [7, 11) is 0. The third-order valence-electron chi connectivity index (χ3n) is 3.60. The summed E-state index contributed by atoms with van der Waals surface area (Å²) in [5.41, 5.74) is 0.555. The lowest BCUT2D eigenvalue weighted by atomic mass is 10.2. The highest BCUT2D eigenvalue weighted by atomic mass is 16.6. The van der Waals surface area contributed by atoms with Crippen molar-refractivity contribution in [3.8, 4) is 11.5 Å². The lowest BCUT2D eigenvalue weighted by Gasteiger charge is -2.17. The number of esters is 1. The smallest absolute Gasteiger partial charge is 0.377 e. The van der Waals surface area contributed by atoms with E-state index in [1.165, 1.54) is 13.2 Å². The molecule has 1 amide bonds. The maximum absolute atomic E-state index is 12.2. The fourth-order valence-electron chi connectivity index (χ4n) is 2.22. The molecule has 7 nitrogen and oxygen atoms in total. The predicted molar refractivity (Wildman–Crippen MR) is 97.1 cm³/mol. The number of hydrogen-bond donors (Lipinski definition) is 1. The van der Waals surface area contributed by atoms with Crippen LogP contribution in [0, 0.1) is 0 Å². The summed E-state index contributed by atoms with van der Waals surface area (Å²) >= 11 is 0. The molecule has 1 heterocycles. The van der Waals surface area contributed by atoms with Crippen LogP contribution in [0.5, 0.6) is 11.5 Å². The van der Waals surface area contributed by atoms with Crippen LogP contribution >= 0.6 is 0 Å². The summed E-state index contributed by atoms with van der Waals surface area (Å²) in [6, 6.07) is 16.2. The zero-order valence-electron chi connectivity index (χ0n) is 14.7. The van der Waals surface area contributed by atoms with Gasteiger partial charge in [-0.05, 0) is 43.3 Å². The second kappa shape index (κ2) is 8.75. The second-order valence-corrected chi connectivity index (χ2v) is 5.68. The van der Waals surface area contributed by atoms with Gasteiger partial charge in [-0.2, -0.15) is 0 Å². The van der Waals surface area contributed by atoms with E-state index in [0.29, 0.717) is 18.0 Å². The van der Waals surface area contributed by atoms with Crippen molar-refractivity contribution in [2.45, 2.75) is 13.0 Å². The molecule has 27 heavy (non-hydrogen) atoms. The maximum Gasteiger partial charge on any atom is 0.377 e. The molecule has 0 bridgehead atoms. The minimum Gasteiger partial charge on any atom is -0.493 e. The van der Waals surface area contributed by atoms with Gasteiger partial charge in [0.25, 0.3) is 5.91 Å². The molecule has 2 aromatic rings. The van der Waals surface area contributed by atoms with Crippen LogP contribution < -0.4 is 10.1 Å². The largest absolute Gasteiger partial charge is 0.493 e. The topological polar surface area (TPSA) is 83.1 Å². The summed E-state index contributed by atoms with van der Waals surface area (Å²) in [5.74, 6) is 0.0998. The highest BCUT2D eigenvalue weighted by molar-refractivity contribution is 5.96. The first-order valence-corrected chi connectivity index (χ1v) is 8.41. The number of rotatable bonds is 6. The van der Waals surface area contributed by atoms with Crippen molar-refractivity contribution in [1.29, 1.82) is 0 Å². The molecule has 1 aliphatic heterocycles. The highest BCUT2D eigenvalue weighted by Crippen LogP contribution is 2.22. The Labute approximate surface area is 156 Å². The molecular formula is C20H19NO6. The molecule has 140 valence electrons. The molecule has 0 saturated carbocycles. The van der Waals surface area contributed by atoms with E-state index in [2.05, 4.69) is 5.32 Å². The van der Waals surface area contributed by atoms with E-state index in [1.54, 1.807) is 24.3 Å². The van der Waals surface area contributed by atoms with Gasteiger partial charge in [0.05, 0.1) is 0 Å². The van der Waals surface area contributed by atoms with Crippen molar-refractivity contribution >= 4 is 17.6 Å². The Morgan fingerprint density at radius 3 is 2.37 bits per heavy atom. The summed E-state index contributed by atoms with van der Waals surface area (Å²) < 4.78 is 20.9. The second-order valence-electron chi connectivity index (χ2n) is 5.68. The van der Waals surface area contributed by atoms with Gasteiger partial charge in [0, 0.05) is 5.69 Å². The van der Waals surface area contributed by atoms with E-state index in [0.717, 1.165) is 5.75 Å². The minimum absolute atomic E-state index is 0.0525. The Bertz CT molecular complexity index is 816. The molecule has 3 rings (SSSR count). The molecule has 0 spiro atoms. The number of para-hydroxylation sites is 1. The number of anilines is 1. The Kier molecular flexibility index (Phi) is 5.94. The molecular weight excluding hydrogens is 350 g/mol. The number of nitrogens with one attached hydrogen (secondary N) is 1. The van der Waals surface area contributed by atoms with E-state index in [4.69, 9.17) is 18.9 Å². The van der Waals surface area contributed by atoms with Gasteiger partial charge in [0.1, 0.15) is 31.0 Å². The van der Waals surface area contributed by atoms with Crippen LogP contribution in [0.2, 0.25) is 0 Å². The molecule has 0 fully saturated rings. The van der Waals surface area contributed by atoms with Crippen LogP contribution in [-0.2, 0) is 23.8 Å². The standard InChI is InChI=1S/C20H19NO6/c1-14(26-20(23)18-13-24-11-12-25-18)19(22)21-15-7-9-17(10-8-15)27-16-5-3-2-4-6-16/h2-10,13-14H,11-12H2,1H3,(H,21,22)/t14-/m1/s1. The number of carbonyl (C=O) groups excluding carboxylic acids is 2. The first-order chi connectivity index (χ1) is 13.1. The number of amides is 1. The van der Waals surface area contributed by atoms with E-state index in [1.807, 2.05) is 30.3 Å². The van der Waals surface area contributed by atoms with Gasteiger partial charge in [-0.3, -0.25) is 4.79 Å². The van der Waals surface area contributed by atoms with Gasteiger partial charge in [-0.25, -0.2) is 4.79 Å². The quantitative estimate of drug-likeness (QED) is 0.787. The van der Waals surface area contributed by atoms with Crippen molar-refractivity contribution in [2.24, 2.45) is 0 Å². The van der Waals surface area contributed by atoms with Crippen LogP contribution in [0.25, 0.3) is 0 Å². The average Bonchev–Trinajstić information content (AvgIpc) is 2.71. The van der Waals surface area contributed by atoms with Gasteiger partial charge in [0.2, 0.25) is 5.76 Å². The molecule has 7 heteroatoms. The lowest BCUT2D eigenvalue weighted by molar-refractivity contribution is -0.153. The fourth-order valence-corrected chi connectivity index (χ4v) is 2.22. The molecule has 0 aliphatic carbocycles. The predicted octanol–water partition coefficient (Wildman–Crippen LogP) is 3.24. The Hall–Kier alpha value is -3.48. The van der Waals surface area contributed by atoms with E-state index >= 15 is 0 Å². The molecule has 0 saturated heterocycles.